The van der Waals surface area contributed by atoms with Crippen LogP contribution in [-0.4, -0.2) is 47.6 Å². The first-order chi connectivity index (χ1) is 16.5. The van der Waals surface area contributed by atoms with Crippen molar-refractivity contribution in [1.29, 1.82) is 0 Å². The van der Waals surface area contributed by atoms with Gasteiger partial charge in [-0.05, 0) is 74.1 Å². The normalized spacial score (nSPS) is 15.5. The number of fused-ring (bicyclic) bond motifs is 1. The first-order valence-corrected chi connectivity index (χ1v) is 11.8. The smallest absolute Gasteiger partial charge is 0.272 e. The zero-order valence-electron chi connectivity index (χ0n) is 19.4. The predicted molar refractivity (Wildman–Crippen MR) is 130 cm³/mol. The zero-order chi connectivity index (χ0) is 23.2. The van der Waals surface area contributed by atoms with Gasteiger partial charge >= 0.3 is 0 Å². The molecular formula is C26H27N7O. The van der Waals surface area contributed by atoms with Crippen molar-refractivity contribution in [2.45, 2.75) is 51.2 Å². The largest absolute Gasteiger partial charge is 0.367 e. The van der Waals surface area contributed by atoms with Crippen LogP contribution in [0.25, 0.3) is 22.0 Å². The first kappa shape index (κ1) is 20.8. The Kier molecular flexibility index (Phi) is 5.01. The number of nitrogens with zero attached hydrogens (tertiary/aromatic N) is 6. The molecule has 0 saturated heterocycles. The number of aryl methyl sites for hydroxylation is 2. The van der Waals surface area contributed by atoms with Crippen LogP contribution in [0.4, 0.5) is 5.82 Å². The molecule has 2 aliphatic rings. The van der Waals surface area contributed by atoms with E-state index in [4.69, 9.17) is 0 Å². The SMILES string of the molecule is Cc1cc(C(=O)N(Cc2cc(-c3ccc4ncnc(NC5CC5)c4c3)ccn2)C2CC2)n(C)n1. The van der Waals surface area contributed by atoms with E-state index >= 15 is 0 Å². The fourth-order valence-electron chi connectivity index (χ4n) is 4.40. The van der Waals surface area contributed by atoms with Crippen molar-refractivity contribution in [3.05, 3.63) is 66.0 Å². The van der Waals surface area contributed by atoms with E-state index in [1.165, 1.54) is 12.8 Å². The minimum Gasteiger partial charge on any atom is -0.367 e. The van der Waals surface area contributed by atoms with Gasteiger partial charge < -0.3 is 10.2 Å². The van der Waals surface area contributed by atoms with E-state index in [1.54, 1.807) is 11.0 Å². The lowest BCUT2D eigenvalue weighted by molar-refractivity contribution is 0.0716. The molecule has 1 amide bonds. The summed E-state index contributed by atoms with van der Waals surface area (Å²) in [7, 11) is 1.82. The van der Waals surface area contributed by atoms with Crippen LogP contribution in [0.2, 0.25) is 0 Å². The van der Waals surface area contributed by atoms with E-state index in [0.29, 0.717) is 18.3 Å². The Morgan fingerprint density at radius 2 is 1.88 bits per heavy atom. The number of carbonyl (C=O) groups is 1. The third kappa shape index (κ3) is 4.11. The number of hydrogen-bond acceptors (Lipinski definition) is 6. The molecule has 0 atom stereocenters. The van der Waals surface area contributed by atoms with Crippen molar-refractivity contribution in [3.8, 4) is 11.1 Å². The molecule has 3 heterocycles. The number of pyridine rings is 1. The standard InChI is InChI=1S/C26H27N7O/c1-16-11-24(32(2)31-16)26(34)33(21-6-7-21)14-20-12-18(9-10-27-20)17-3-8-23-22(13-17)25(29-15-28-23)30-19-4-5-19/h3,8-13,15,19,21H,4-7,14H2,1-2H3,(H,28,29,30). The fourth-order valence-corrected chi connectivity index (χ4v) is 4.40. The van der Waals surface area contributed by atoms with Gasteiger partial charge in [-0.3, -0.25) is 14.5 Å². The maximum Gasteiger partial charge on any atom is 0.272 e. The summed E-state index contributed by atoms with van der Waals surface area (Å²) >= 11 is 0. The monoisotopic (exact) mass is 453 g/mol. The molecule has 8 heteroatoms. The highest BCUT2D eigenvalue weighted by Gasteiger charge is 2.34. The molecule has 4 aromatic rings. The summed E-state index contributed by atoms with van der Waals surface area (Å²) < 4.78 is 1.67. The van der Waals surface area contributed by atoms with Crippen molar-refractivity contribution in [1.82, 2.24) is 29.6 Å². The number of carbonyl (C=O) groups excluding carboxylic acids is 1. The average molecular weight is 454 g/mol. The maximum atomic E-state index is 13.3. The van der Waals surface area contributed by atoms with Crippen molar-refractivity contribution in [3.63, 3.8) is 0 Å². The lowest BCUT2D eigenvalue weighted by Gasteiger charge is -2.22. The number of amides is 1. The molecule has 1 aromatic carbocycles. The summed E-state index contributed by atoms with van der Waals surface area (Å²) in [5, 5.41) is 8.88. The van der Waals surface area contributed by atoms with Crippen LogP contribution < -0.4 is 5.32 Å². The van der Waals surface area contributed by atoms with Gasteiger partial charge in [0.1, 0.15) is 17.8 Å². The van der Waals surface area contributed by atoms with Crippen LogP contribution in [0, 0.1) is 6.92 Å². The lowest BCUT2D eigenvalue weighted by atomic mass is 10.0. The number of benzene rings is 1. The Morgan fingerprint density at radius 1 is 1.06 bits per heavy atom. The van der Waals surface area contributed by atoms with Gasteiger partial charge in [0.2, 0.25) is 0 Å². The van der Waals surface area contributed by atoms with Crippen molar-refractivity contribution in [2.24, 2.45) is 7.05 Å². The number of rotatable bonds is 7. The maximum absolute atomic E-state index is 13.3. The van der Waals surface area contributed by atoms with E-state index in [2.05, 4.69) is 43.6 Å². The third-order valence-electron chi connectivity index (χ3n) is 6.51. The summed E-state index contributed by atoms with van der Waals surface area (Å²) in [6.07, 6.45) is 7.88. The Morgan fingerprint density at radius 3 is 2.62 bits per heavy atom. The fraction of sp³-hybridized carbons (Fsp3) is 0.346. The van der Waals surface area contributed by atoms with Crippen molar-refractivity contribution < 1.29 is 4.79 Å². The second-order valence-electron chi connectivity index (χ2n) is 9.37. The molecule has 1 N–H and O–H groups in total. The van der Waals surface area contributed by atoms with Crippen LogP contribution >= 0.6 is 0 Å². The molecule has 6 rings (SSSR count). The topological polar surface area (TPSA) is 88.8 Å². The molecule has 0 spiro atoms. The van der Waals surface area contributed by atoms with E-state index in [-0.39, 0.29) is 11.9 Å². The number of aromatic nitrogens is 5. The Balaban J connectivity index is 1.29. The molecule has 0 bridgehead atoms. The lowest BCUT2D eigenvalue weighted by Crippen LogP contribution is -2.34. The van der Waals surface area contributed by atoms with Gasteiger partial charge in [0.15, 0.2) is 0 Å². The molecule has 0 radical (unpaired) electrons. The van der Waals surface area contributed by atoms with Gasteiger partial charge in [-0.25, -0.2) is 9.97 Å². The average Bonchev–Trinajstić information content (AvgIpc) is 3.77. The summed E-state index contributed by atoms with van der Waals surface area (Å²) in [6, 6.07) is 13.0. The number of anilines is 1. The summed E-state index contributed by atoms with van der Waals surface area (Å²) in [5.41, 5.74) is 5.40. The van der Waals surface area contributed by atoms with E-state index in [1.807, 2.05) is 43.3 Å². The second-order valence-corrected chi connectivity index (χ2v) is 9.37. The summed E-state index contributed by atoms with van der Waals surface area (Å²) in [5.74, 6) is 0.900. The first-order valence-electron chi connectivity index (χ1n) is 11.8. The molecule has 2 saturated carbocycles. The molecular weight excluding hydrogens is 426 g/mol. The minimum atomic E-state index is 0.0106. The van der Waals surface area contributed by atoms with Crippen molar-refractivity contribution >= 4 is 22.6 Å². The highest BCUT2D eigenvalue weighted by atomic mass is 16.2. The highest BCUT2D eigenvalue weighted by molar-refractivity contribution is 5.93. The molecule has 3 aromatic heterocycles. The molecule has 34 heavy (non-hydrogen) atoms. The Labute approximate surface area is 198 Å². The third-order valence-corrected chi connectivity index (χ3v) is 6.51. The van der Waals surface area contributed by atoms with Gasteiger partial charge in [0, 0.05) is 30.7 Å². The van der Waals surface area contributed by atoms with Crippen LogP contribution in [0.5, 0.6) is 0 Å². The Bertz CT molecular complexity index is 1390. The van der Waals surface area contributed by atoms with Gasteiger partial charge in [-0.1, -0.05) is 6.07 Å². The molecule has 2 fully saturated rings. The predicted octanol–water partition coefficient (Wildman–Crippen LogP) is 4.11. The molecule has 0 unspecified atom stereocenters. The van der Waals surface area contributed by atoms with Crippen LogP contribution in [0.3, 0.4) is 0 Å². The molecule has 2 aliphatic carbocycles. The van der Waals surface area contributed by atoms with Gasteiger partial charge in [0.05, 0.1) is 23.4 Å². The quantitative estimate of drug-likeness (QED) is 0.453. The second kappa shape index (κ2) is 8.20. The van der Waals surface area contributed by atoms with Crippen LogP contribution in [0.1, 0.15) is 47.6 Å². The minimum absolute atomic E-state index is 0.0106. The van der Waals surface area contributed by atoms with Crippen LogP contribution in [-0.2, 0) is 13.6 Å². The van der Waals surface area contributed by atoms with E-state index in [9.17, 15) is 4.79 Å². The number of nitrogens with one attached hydrogen (secondary N) is 1. The van der Waals surface area contributed by atoms with Crippen molar-refractivity contribution in [2.75, 3.05) is 5.32 Å². The molecule has 172 valence electrons. The van der Waals surface area contributed by atoms with Gasteiger partial charge in [0.25, 0.3) is 5.91 Å². The van der Waals surface area contributed by atoms with E-state index in [0.717, 1.165) is 52.1 Å². The zero-order valence-corrected chi connectivity index (χ0v) is 19.4. The van der Waals surface area contributed by atoms with Crippen LogP contribution in [0.15, 0.2) is 48.9 Å². The summed E-state index contributed by atoms with van der Waals surface area (Å²) in [6.45, 7) is 2.39. The molecule has 0 aliphatic heterocycles. The van der Waals surface area contributed by atoms with Gasteiger partial charge in [-0.2, -0.15) is 5.10 Å². The Hall–Kier alpha value is -3.81. The van der Waals surface area contributed by atoms with Gasteiger partial charge in [-0.15, -0.1) is 0 Å². The molecule has 8 nitrogen and oxygen atoms in total. The van der Waals surface area contributed by atoms with E-state index < -0.39 is 0 Å². The highest BCUT2D eigenvalue weighted by Crippen LogP contribution is 2.32. The number of hydrogen-bond donors (Lipinski definition) is 1. The summed E-state index contributed by atoms with van der Waals surface area (Å²) in [4.78, 5) is 28.8.